The van der Waals surface area contributed by atoms with E-state index in [4.69, 9.17) is 10.6 Å². The van der Waals surface area contributed by atoms with E-state index in [2.05, 4.69) is 36.6 Å². The van der Waals surface area contributed by atoms with Crippen molar-refractivity contribution in [1.29, 1.82) is 0 Å². The lowest BCUT2D eigenvalue weighted by molar-refractivity contribution is -0.0101. The number of methoxy groups -OCH3 is 1. The first-order chi connectivity index (χ1) is 7.49. The number of aryl methyl sites for hydroxylation is 1. The second-order valence-electron chi connectivity index (χ2n) is 4.72. The normalized spacial score (nSPS) is 13.8. The Labute approximate surface area is 98.0 Å². The van der Waals surface area contributed by atoms with Gasteiger partial charge in [-0.1, -0.05) is 29.8 Å². The Morgan fingerprint density at radius 1 is 1.44 bits per heavy atom. The first-order valence-corrected chi connectivity index (χ1v) is 5.56. The predicted molar refractivity (Wildman–Crippen MR) is 67.1 cm³/mol. The summed E-state index contributed by atoms with van der Waals surface area (Å²) in [4.78, 5) is 0. The standard InChI is InChI=1S/C13H22N2O/c1-10-6-5-7-11(8-10)9-12(15-14)13(2,3)16-4/h5-8,12,15H,9,14H2,1-4H3. The van der Waals surface area contributed by atoms with Crippen LogP contribution in [0.3, 0.4) is 0 Å². The Bertz CT molecular complexity index is 336. The van der Waals surface area contributed by atoms with Crippen molar-refractivity contribution in [2.24, 2.45) is 5.84 Å². The summed E-state index contributed by atoms with van der Waals surface area (Å²) in [5.41, 5.74) is 5.10. The van der Waals surface area contributed by atoms with E-state index in [9.17, 15) is 0 Å². The summed E-state index contributed by atoms with van der Waals surface area (Å²) in [6.45, 7) is 6.16. The van der Waals surface area contributed by atoms with Crippen LogP contribution in [0, 0.1) is 6.92 Å². The first-order valence-electron chi connectivity index (χ1n) is 5.56. The van der Waals surface area contributed by atoms with Crippen LogP contribution in [0.2, 0.25) is 0 Å². The molecule has 1 rings (SSSR count). The molecule has 0 saturated carbocycles. The maximum Gasteiger partial charge on any atom is 0.0791 e. The third kappa shape index (κ3) is 3.30. The fourth-order valence-electron chi connectivity index (χ4n) is 1.72. The fraction of sp³-hybridized carbons (Fsp3) is 0.538. The molecule has 16 heavy (non-hydrogen) atoms. The fourth-order valence-corrected chi connectivity index (χ4v) is 1.72. The van der Waals surface area contributed by atoms with Crippen molar-refractivity contribution in [3.05, 3.63) is 35.4 Å². The minimum absolute atomic E-state index is 0.0966. The monoisotopic (exact) mass is 222 g/mol. The van der Waals surface area contributed by atoms with Gasteiger partial charge in [0.25, 0.3) is 0 Å². The summed E-state index contributed by atoms with van der Waals surface area (Å²) in [5.74, 6) is 5.59. The third-order valence-electron chi connectivity index (χ3n) is 3.09. The van der Waals surface area contributed by atoms with Gasteiger partial charge in [0, 0.05) is 7.11 Å². The summed E-state index contributed by atoms with van der Waals surface area (Å²) in [5, 5.41) is 0. The largest absolute Gasteiger partial charge is 0.377 e. The zero-order valence-electron chi connectivity index (χ0n) is 10.6. The SMILES string of the molecule is COC(C)(C)C(Cc1cccc(C)c1)NN. The van der Waals surface area contributed by atoms with Crippen LogP contribution in [0.5, 0.6) is 0 Å². The van der Waals surface area contributed by atoms with Crippen LogP contribution in [-0.2, 0) is 11.2 Å². The Balaban J connectivity index is 2.78. The number of ether oxygens (including phenoxy) is 1. The summed E-state index contributed by atoms with van der Waals surface area (Å²) >= 11 is 0. The van der Waals surface area contributed by atoms with Gasteiger partial charge in [0.15, 0.2) is 0 Å². The molecule has 0 spiro atoms. The van der Waals surface area contributed by atoms with E-state index in [0.29, 0.717) is 0 Å². The Morgan fingerprint density at radius 3 is 2.62 bits per heavy atom. The second-order valence-corrected chi connectivity index (χ2v) is 4.72. The average Bonchev–Trinajstić information content (AvgIpc) is 2.25. The van der Waals surface area contributed by atoms with Crippen LogP contribution in [0.1, 0.15) is 25.0 Å². The summed E-state index contributed by atoms with van der Waals surface area (Å²) in [7, 11) is 1.71. The Kier molecular flexibility index (Phi) is 4.47. The van der Waals surface area contributed by atoms with Gasteiger partial charge in [-0.05, 0) is 32.8 Å². The minimum atomic E-state index is -0.279. The molecule has 0 heterocycles. The quantitative estimate of drug-likeness (QED) is 0.590. The van der Waals surface area contributed by atoms with Crippen LogP contribution in [-0.4, -0.2) is 18.8 Å². The highest BCUT2D eigenvalue weighted by Crippen LogP contribution is 2.18. The lowest BCUT2D eigenvalue weighted by Crippen LogP contribution is -2.52. The van der Waals surface area contributed by atoms with Gasteiger partial charge in [-0.3, -0.25) is 11.3 Å². The Hall–Kier alpha value is -0.900. The van der Waals surface area contributed by atoms with Crippen LogP contribution < -0.4 is 11.3 Å². The van der Waals surface area contributed by atoms with Gasteiger partial charge in [-0.15, -0.1) is 0 Å². The summed E-state index contributed by atoms with van der Waals surface area (Å²) in [6.07, 6.45) is 0.860. The van der Waals surface area contributed by atoms with Crippen molar-refractivity contribution < 1.29 is 4.74 Å². The van der Waals surface area contributed by atoms with E-state index in [0.717, 1.165) is 6.42 Å². The molecule has 3 nitrogen and oxygen atoms in total. The number of hydrazine groups is 1. The molecule has 0 aliphatic heterocycles. The zero-order chi connectivity index (χ0) is 12.2. The maximum atomic E-state index is 5.59. The number of benzene rings is 1. The highest BCUT2D eigenvalue weighted by molar-refractivity contribution is 5.23. The molecule has 0 fully saturated rings. The van der Waals surface area contributed by atoms with Gasteiger partial charge in [-0.25, -0.2) is 0 Å². The molecule has 0 amide bonds. The molecule has 0 saturated heterocycles. The van der Waals surface area contributed by atoms with E-state index in [1.54, 1.807) is 7.11 Å². The molecular formula is C13H22N2O. The van der Waals surface area contributed by atoms with Crippen molar-refractivity contribution in [3.63, 3.8) is 0 Å². The number of hydrogen-bond donors (Lipinski definition) is 2. The van der Waals surface area contributed by atoms with E-state index in [1.807, 2.05) is 13.8 Å². The molecule has 0 aliphatic rings. The Morgan fingerprint density at radius 2 is 2.12 bits per heavy atom. The van der Waals surface area contributed by atoms with Crippen LogP contribution in [0.15, 0.2) is 24.3 Å². The molecule has 1 unspecified atom stereocenters. The van der Waals surface area contributed by atoms with Gasteiger partial charge in [0.2, 0.25) is 0 Å². The lowest BCUT2D eigenvalue weighted by Gasteiger charge is -2.32. The molecule has 90 valence electrons. The molecule has 0 bridgehead atoms. The highest BCUT2D eigenvalue weighted by atomic mass is 16.5. The van der Waals surface area contributed by atoms with E-state index >= 15 is 0 Å². The second kappa shape index (κ2) is 5.43. The lowest BCUT2D eigenvalue weighted by atomic mass is 9.92. The molecule has 0 radical (unpaired) electrons. The van der Waals surface area contributed by atoms with Crippen molar-refractivity contribution in [1.82, 2.24) is 5.43 Å². The highest BCUT2D eigenvalue weighted by Gasteiger charge is 2.28. The van der Waals surface area contributed by atoms with Gasteiger partial charge in [0.1, 0.15) is 0 Å². The van der Waals surface area contributed by atoms with Crippen LogP contribution in [0.4, 0.5) is 0 Å². The van der Waals surface area contributed by atoms with Gasteiger partial charge in [0.05, 0.1) is 11.6 Å². The minimum Gasteiger partial charge on any atom is -0.377 e. The molecule has 3 heteroatoms. The molecule has 3 N–H and O–H groups in total. The van der Waals surface area contributed by atoms with Crippen LogP contribution in [0.25, 0.3) is 0 Å². The smallest absolute Gasteiger partial charge is 0.0791 e. The summed E-state index contributed by atoms with van der Waals surface area (Å²) in [6, 6.07) is 8.55. The zero-order valence-corrected chi connectivity index (χ0v) is 10.6. The van der Waals surface area contributed by atoms with Crippen molar-refractivity contribution >= 4 is 0 Å². The van der Waals surface area contributed by atoms with Crippen molar-refractivity contribution in [2.75, 3.05) is 7.11 Å². The van der Waals surface area contributed by atoms with E-state index in [1.165, 1.54) is 11.1 Å². The molecular weight excluding hydrogens is 200 g/mol. The maximum absolute atomic E-state index is 5.59. The average molecular weight is 222 g/mol. The van der Waals surface area contributed by atoms with Crippen molar-refractivity contribution in [2.45, 2.75) is 38.8 Å². The molecule has 1 aromatic carbocycles. The number of nitrogens with two attached hydrogens (primary N) is 1. The van der Waals surface area contributed by atoms with Crippen molar-refractivity contribution in [3.8, 4) is 0 Å². The first kappa shape index (κ1) is 13.2. The molecule has 0 aromatic heterocycles. The molecule has 1 atom stereocenters. The topological polar surface area (TPSA) is 47.3 Å². The van der Waals surface area contributed by atoms with Crippen LogP contribution >= 0.6 is 0 Å². The van der Waals surface area contributed by atoms with Gasteiger partial charge < -0.3 is 4.74 Å². The van der Waals surface area contributed by atoms with Gasteiger partial charge >= 0.3 is 0 Å². The molecule has 1 aromatic rings. The van der Waals surface area contributed by atoms with E-state index in [-0.39, 0.29) is 11.6 Å². The number of rotatable bonds is 5. The number of hydrogen-bond acceptors (Lipinski definition) is 3. The predicted octanol–water partition coefficient (Wildman–Crippen LogP) is 1.79. The molecule has 0 aliphatic carbocycles. The summed E-state index contributed by atoms with van der Waals surface area (Å²) < 4.78 is 5.45. The third-order valence-corrected chi connectivity index (χ3v) is 3.09. The van der Waals surface area contributed by atoms with E-state index < -0.39 is 0 Å². The van der Waals surface area contributed by atoms with Gasteiger partial charge in [-0.2, -0.15) is 0 Å². The number of nitrogens with one attached hydrogen (secondary N) is 1.